The SMILES string of the molecule is C=C1CC[C@@]23C[C@@H]1C(C)(C)[C@@H]2C(=O)C[C@H]3C. The van der Waals surface area contributed by atoms with Crippen LogP contribution in [0, 0.1) is 28.6 Å². The number of fused-ring (bicyclic) bond motifs is 1. The van der Waals surface area contributed by atoms with E-state index in [1.807, 2.05) is 0 Å². The van der Waals surface area contributed by atoms with Crippen LogP contribution in [-0.4, -0.2) is 5.78 Å². The van der Waals surface area contributed by atoms with Gasteiger partial charge in [-0.05, 0) is 41.9 Å². The summed E-state index contributed by atoms with van der Waals surface area (Å²) in [5.74, 6) is 2.05. The number of hydrogen-bond acceptors (Lipinski definition) is 1. The van der Waals surface area contributed by atoms with Gasteiger partial charge in [0.1, 0.15) is 5.78 Å². The topological polar surface area (TPSA) is 17.1 Å². The molecule has 0 N–H and O–H groups in total. The Hall–Kier alpha value is -0.590. The minimum absolute atomic E-state index is 0.162. The van der Waals surface area contributed by atoms with E-state index in [9.17, 15) is 4.79 Å². The van der Waals surface area contributed by atoms with Gasteiger partial charge in [0.2, 0.25) is 0 Å². The van der Waals surface area contributed by atoms with Crippen LogP contribution in [0.2, 0.25) is 0 Å². The van der Waals surface area contributed by atoms with Gasteiger partial charge in [-0.1, -0.05) is 32.9 Å². The van der Waals surface area contributed by atoms with Crippen molar-refractivity contribution >= 4 is 5.78 Å². The van der Waals surface area contributed by atoms with Crippen molar-refractivity contribution in [2.45, 2.75) is 46.5 Å². The van der Waals surface area contributed by atoms with Gasteiger partial charge in [-0.15, -0.1) is 0 Å². The molecule has 0 aromatic heterocycles. The number of hydrogen-bond donors (Lipinski definition) is 0. The van der Waals surface area contributed by atoms with Gasteiger partial charge in [0.25, 0.3) is 0 Å². The van der Waals surface area contributed by atoms with Crippen LogP contribution in [0.5, 0.6) is 0 Å². The summed E-state index contributed by atoms with van der Waals surface area (Å²) in [5.41, 5.74) is 1.91. The van der Waals surface area contributed by atoms with Gasteiger partial charge in [-0.2, -0.15) is 0 Å². The first-order valence-corrected chi connectivity index (χ1v) is 6.60. The predicted molar refractivity (Wildman–Crippen MR) is 65.0 cm³/mol. The number of allylic oxidation sites excluding steroid dienone is 1. The summed E-state index contributed by atoms with van der Waals surface area (Å²) in [4.78, 5) is 12.3. The number of ketones is 1. The summed E-state index contributed by atoms with van der Waals surface area (Å²) in [7, 11) is 0. The van der Waals surface area contributed by atoms with E-state index in [2.05, 4.69) is 27.4 Å². The summed E-state index contributed by atoms with van der Waals surface area (Å²) < 4.78 is 0. The van der Waals surface area contributed by atoms with Crippen LogP contribution >= 0.6 is 0 Å². The highest BCUT2D eigenvalue weighted by molar-refractivity contribution is 5.86. The van der Waals surface area contributed by atoms with Crippen LogP contribution in [0.15, 0.2) is 12.2 Å². The lowest BCUT2D eigenvalue weighted by molar-refractivity contribution is -0.124. The molecule has 0 amide bonds. The van der Waals surface area contributed by atoms with E-state index < -0.39 is 0 Å². The second-order valence-corrected chi connectivity index (χ2v) is 6.97. The Morgan fingerprint density at radius 2 is 2.06 bits per heavy atom. The molecule has 0 heterocycles. The Labute approximate surface area is 98.3 Å². The van der Waals surface area contributed by atoms with Gasteiger partial charge in [-0.3, -0.25) is 4.79 Å². The lowest BCUT2D eigenvalue weighted by Crippen LogP contribution is -2.33. The van der Waals surface area contributed by atoms with Crippen molar-refractivity contribution in [3.8, 4) is 0 Å². The van der Waals surface area contributed by atoms with Crippen molar-refractivity contribution < 1.29 is 4.79 Å². The highest BCUT2D eigenvalue weighted by Crippen LogP contribution is 2.71. The molecule has 3 aliphatic carbocycles. The Bertz CT molecular complexity index is 379. The molecular weight excluding hydrogens is 196 g/mol. The minimum Gasteiger partial charge on any atom is -0.299 e. The van der Waals surface area contributed by atoms with Gasteiger partial charge >= 0.3 is 0 Å². The maximum absolute atomic E-state index is 12.3. The van der Waals surface area contributed by atoms with Gasteiger partial charge in [0.05, 0.1) is 0 Å². The molecule has 0 unspecified atom stereocenters. The number of rotatable bonds is 0. The summed E-state index contributed by atoms with van der Waals surface area (Å²) in [6.07, 6.45) is 4.43. The number of Topliss-reactive ketones (excluding diaryl/α,β-unsaturated/α-hetero) is 1. The van der Waals surface area contributed by atoms with Crippen LogP contribution < -0.4 is 0 Å². The number of carbonyl (C=O) groups is 1. The van der Waals surface area contributed by atoms with Crippen molar-refractivity contribution in [3.63, 3.8) is 0 Å². The van der Waals surface area contributed by atoms with Gasteiger partial charge in [0, 0.05) is 12.3 Å². The first-order valence-electron chi connectivity index (χ1n) is 6.60. The molecule has 1 nitrogen and oxygen atoms in total. The van der Waals surface area contributed by atoms with Crippen molar-refractivity contribution in [3.05, 3.63) is 12.2 Å². The summed E-state index contributed by atoms with van der Waals surface area (Å²) in [6.45, 7) is 11.2. The average molecular weight is 218 g/mol. The average Bonchev–Trinajstić information content (AvgIpc) is 2.54. The van der Waals surface area contributed by atoms with Crippen LogP contribution in [0.4, 0.5) is 0 Å². The molecule has 16 heavy (non-hydrogen) atoms. The second kappa shape index (κ2) is 2.80. The molecule has 0 aromatic rings. The summed E-state index contributed by atoms with van der Waals surface area (Å²) in [6, 6.07) is 0. The molecule has 2 bridgehead atoms. The third-order valence-electron chi connectivity index (χ3n) is 6.02. The second-order valence-electron chi connectivity index (χ2n) is 6.97. The Morgan fingerprint density at radius 3 is 2.75 bits per heavy atom. The molecule has 3 saturated carbocycles. The molecule has 0 aliphatic heterocycles. The highest BCUT2D eigenvalue weighted by Gasteiger charge is 2.67. The summed E-state index contributed by atoms with van der Waals surface area (Å²) >= 11 is 0. The smallest absolute Gasteiger partial charge is 0.137 e. The fraction of sp³-hybridized carbons (Fsp3) is 0.800. The van der Waals surface area contributed by atoms with E-state index in [1.165, 1.54) is 18.4 Å². The molecule has 0 radical (unpaired) electrons. The number of carbonyl (C=O) groups excluding carboxylic acids is 1. The van der Waals surface area contributed by atoms with Gasteiger partial charge in [0.15, 0.2) is 0 Å². The first-order chi connectivity index (χ1) is 7.39. The van der Waals surface area contributed by atoms with Crippen LogP contribution in [-0.2, 0) is 4.79 Å². The highest BCUT2D eigenvalue weighted by atomic mass is 16.1. The van der Waals surface area contributed by atoms with E-state index in [0.717, 1.165) is 12.8 Å². The minimum atomic E-state index is 0.162. The fourth-order valence-corrected chi connectivity index (χ4v) is 5.28. The van der Waals surface area contributed by atoms with E-state index in [1.54, 1.807) is 0 Å². The van der Waals surface area contributed by atoms with E-state index in [0.29, 0.717) is 29.0 Å². The predicted octanol–water partition coefficient (Wildman–Crippen LogP) is 3.59. The molecule has 88 valence electrons. The third kappa shape index (κ3) is 0.959. The van der Waals surface area contributed by atoms with Crippen LogP contribution in [0.3, 0.4) is 0 Å². The molecule has 1 spiro atoms. The molecule has 1 heteroatoms. The van der Waals surface area contributed by atoms with Crippen molar-refractivity contribution in [1.29, 1.82) is 0 Å². The molecule has 4 atom stereocenters. The van der Waals surface area contributed by atoms with Crippen molar-refractivity contribution in [2.24, 2.45) is 28.6 Å². The lowest BCUT2D eigenvalue weighted by Gasteiger charge is -2.37. The van der Waals surface area contributed by atoms with E-state index in [-0.39, 0.29) is 5.41 Å². The van der Waals surface area contributed by atoms with E-state index in [4.69, 9.17) is 0 Å². The van der Waals surface area contributed by atoms with Gasteiger partial charge < -0.3 is 0 Å². The normalized spacial score (nSPS) is 49.6. The first kappa shape index (κ1) is 10.6. The zero-order valence-electron chi connectivity index (χ0n) is 10.7. The zero-order chi connectivity index (χ0) is 11.7. The quantitative estimate of drug-likeness (QED) is 0.568. The lowest BCUT2D eigenvalue weighted by atomic mass is 9.67. The molecular formula is C15H22O. The third-order valence-corrected chi connectivity index (χ3v) is 6.02. The fourth-order valence-electron chi connectivity index (χ4n) is 5.28. The van der Waals surface area contributed by atoms with Crippen LogP contribution in [0.1, 0.15) is 46.5 Å². The van der Waals surface area contributed by atoms with Crippen molar-refractivity contribution in [2.75, 3.05) is 0 Å². The Morgan fingerprint density at radius 1 is 1.38 bits per heavy atom. The van der Waals surface area contributed by atoms with Gasteiger partial charge in [-0.25, -0.2) is 0 Å². The maximum atomic E-state index is 12.3. The Kier molecular flexibility index (Phi) is 1.85. The standard InChI is InChI=1S/C15H22O/c1-9-5-6-15-8-11(9)14(3,4)13(15)12(16)7-10(15)2/h10-11,13H,1,5-8H2,2-4H3/t10-,11+,13+,15+/m1/s1. The summed E-state index contributed by atoms with van der Waals surface area (Å²) in [5, 5.41) is 0. The van der Waals surface area contributed by atoms with E-state index >= 15 is 0 Å². The molecule has 0 saturated heterocycles. The molecule has 3 aliphatic rings. The monoisotopic (exact) mass is 218 g/mol. The van der Waals surface area contributed by atoms with Crippen LogP contribution in [0.25, 0.3) is 0 Å². The largest absolute Gasteiger partial charge is 0.299 e. The molecule has 3 fully saturated rings. The zero-order valence-corrected chi connectivity index (χ0v) is 10.7. The Balaban J connectivity index is 2.14. The van der Waals surface area contributed by atoms with Crippen molar-refractivity contribution in [1.82, 2.24) is 0 Å². The molecule has 3 rings (SSSR count). The molecule has 0 aromatic carbocycles. The maximum Gasteiger partial charge on any atom is 0.137 e.